The van der Waals surface area contributed by atoms with Gasteiger partial charge >= 0.3 is 0 Å². The van der Waals surface area contributed by atoms with Crippen LogP contribution in [0.3, 0.4) is 0 Å². The number of ether oxygens (including phenoxy) is 1. The lowest BCUT2D eigenvalue weighted by Gasteiger charge is -2.25. The highest BCUT2D eigenvalue weighted by atomic mass is 19.1. The standard InChI is InChI=1S/C27H32FN7O3/c1-18(2)35(10-11-36)9-4-12-38-22-7-8-23-24(16-22)29-17-30-27(23)32-25-14-21(33-34-25)15-26(37)31-20-6-3-5-19(28)13-20/h3,5-8,13-14,16-18,36H,4,9-12,15H2,1-2H3,(H,31,37)(H2,29,30,32,33,34). The van der Waals surface area contributed by atoms with E-state index in [0.29, 0.717) is 53.5 Å². The second-order valence-electron chi connectivity index (χ2n) is 9.10. The van der Waals surface area contributed by atoms with Crippen molar-refractivity contribution in [1.29, 1.82) is 0 Å². The summed E-state index contributed by atoms with van der Waals surface area (Å²) in [7, 11) is 0. The van der Waals surface area contributed by atoms with Crippen LogP contribution in [-0.2, 0) is 11.2 Å². The van der Waals surface area contributed by atoms with Crippen molar-refractivity contribution >= 4 is 34.1 Å². The monoisotopic (exact) mass is 521 g/mol. The summed E-state index contributed by atoms with van der Waals surface area (Å²) in [5, 5.41) is 22.9. The third-order valence-electron chi connectivity index (χ3n) is 5.92. The first-order chi connectivity index (χ1) is 18.4. The molecule has 4 rings (SSSR count). The Morgan fingerprint density at radius 1 is 1.16 bits per heavy atom. The number of halogens is 1. The lowest BCUT2D eigenvalue weighted by molar-refractivity contribution is -0.115. The van der Waals surface area contributed by atoms with Gasteiger partial charge < -0.3 is 20.5 Å². The second-order valence-corrected chi connectivity index (χ2v) is 9.10. The van der Waals surface area contributed by atoms with Crippen LogP contribution in [-0.4, -0.2) is 68.4 Å². The minimum absolute atomic E-state index is 0.0470. The molecule has 0 bridgehead atoms. The van der Waals surface area contributed by atoms with Crippen molar-refractivity contribution in [2.24, 2.45) is 0 Å². The summed E-state index contributed by atoms with van der Waals surface area (Å²) in [5.74, 6) is 1.07. The predicted octanol–water partition coefficient (Wildman–Crippen LogP) is 3.89. The number of carbonyl (C=O) groups excluding carboxylic acids is 1. The minimum Gasteiger partial charge on any atom is -0.493 e. The van der Waals surface area contributed by atoms with Crippen LogP contribution in [0.25, 0.3) is 10.9 Å². The number of anilines is 3. The van der Waals surface area contributed by atoms with E-state index in [1.807, 2.05) is 18.2 Å². The first kappa shape index (κ1) is 27.0. The molecule has 0 aliphatic rings. The number of hydrogen-bond acceptors (Lipinski definition) is 8. The Morgan fingerprint density at radius 3 is 2.82 bits per heavy atom. The van der Waals surface area contributed by atoms with Gasteiger partial charge in [0.1, 0.15) is 23.7 Å². The molecule has 1 amide bonds. The average Bonchev–Trinajstić information content (AvgIpc) is 3.32. The van der Waals surface area contributed by atoms with Gasteiger partial charge in [0.2, 0.25) is 5.91 Å². The zero-order chi connectivity index (χ0) is 26.9. The molecule has 0 atom stereocenters. The Labute approximate surface area is 220 Å². The molecule has 11 heteroatoms. The molecule has 0 radical (unpaired) electrons. The topological polar surface area (TPSA) is 128 Å². The third kappa shape index (κ3) is 7.46. The Kier molecular flexibility index (Phi) is 9.17. The molecule has 2 aromatic carbocycles. The van der Waals surface area contributed by atoms with Gasteiger partial charge in [0.15, 0.2) is 5.82 Å². The molecule has 0 saturated heterocycles. The first-order valence-corrected chi connectivity index (χ1v) is 12.5. The minimum atomic E-state index is -0.418. The summed E-state index contributed by atoms with van der Waals surface area (Å²) in [6, 6.07) is 13.4. The number of H-pyrrole nitrogens is 1. The fraction of sp³-hybridized carbons (Fsp3) is 0.333. The number of rotatable bonds is 13. The number of hydrogen-bond donors (Lipinski definition) is 4. The smallest absolute Gasteiger partial charge is 0.230 e. The summed E-state index contributed by atoms with van der Waals surface area (Å²) in [5.41, 5.74) is 1.70. The number of aliphatic hydroxyl groups is 1. The molecular weight excluding hydrogens is 489 g/mol. The highest BCUT2D eigenvalue weighted by Crippen LogP contribution is 2.26. The van der Waals surface area contributed by atoms with E-state index in [2.05, 4.69) is 49.5 Å². The van der Waals surface area contributed by atoms with Crippen molar-refractivity contribution in [1.82, 2.24) is 25.1 Å². The molecule has 2 aromatic heterocycles. The van der Waals surface area contributed by atoms with Crippen molar-refractivity contribution in [3.8, 4) is 5.75 Å². The van der Waals surface area contributed by atoms with Crippen LogP contribution in [0.1, 0.15) is 26.0 Å². The van der Waals surface area contributed by atoms with Crippen molar-refractivity contribution in [3.63, 3.8) is 0 Å². The van der Waals surface area contributed by atoms with E-state index in [-0.39, 0.29) is 18.9 Å². The van der Waals surface area contributed by atoms with Crippen LogP contribution < -0.4 is 15.4 Å². The average molecular weight is 522 g/mol. The molecule has 0 unspecified atom stereocenters. The summed E-state index contributed by atoms with van der Waals surface area (Å²) in [6.45, 7) is 6.42. The van der Waals surface area contributed by atoms with E-state index in [4.69, 9.17) is 4.74 Å². The van der Waals surface area contributed by atoms with E-state index < -0.39 is 5.82 Å². The zero-order valence-electron chi connectivity index (χ0n) is 21.4. The number of fused-ring (bicyclic) bond motifs is 1. The number of carbonyl (C=O) groups is 1. The maximum Gasteiger partial charge on any atom is 0.230 e. The zero-order valence-corrected chi connectivity index (χ0v) is 21.4. The van der Waals surface area contributed by atoms with Crippen LogP contribution in [0.5, 0.6) is 5.75 Å². The van der Waals surface area contributed by atoms with Crippen molar-refractivity contribution in [2.45, 2.75) is 32.7 Å². The molecule has 38 heavy (non-hydrogen) atoms. The van der Waals surface area contributed by atoms with Crippen molar-refractivity contribution in [2.75, 3.05) is 36.9 Å². The molecule has 200 valence electrons. The summed E-state index contributed by atoms with van der Waals surface area (Å²) >= 11 is 0. The number of nitrogens with zero attached hydrogens (tertiary/aromatic N) is 4. The van der Waals surface area contributed by atoms with Gasteiger partial charge in [-0.15, -0.1) is 0 Å². The summed E-state index contributed by atoms with van der Waals surface area (Å²) in [4.78, 5) is 23.2. The Morgan fingerprint density at radius 2 is 2.03 bits per heavy atom. The molecular formula is C27H32FN7O3. The fourth-order valence-electron chi connectivity index (χ4n) is 4.02. The normalized spacial score (nSPS) is 11.3. The molecule has 2 heterocycles. The SMILES string of the molecule is CC(C)N(CCO)CCCOc1ccc2c(Nc3cc(CC(=O)Nc4cccc(F)c4)[nH]n3)ncnc2c1. The number of aromatic nitrogens is 4. The van der Waals surface area contributed by atoms with Crippen LogP contribution in [0.15, 0.2) is 54.9 Å². The first-order valence-electron chi connectivity index (χ1n) is 12.5. The summed E-state index contributed by atoms with van der Waals surface area (Å²) < 4.78 is 19.3. The van der Waals surface area contributed by atoms with E-state index in [1.165, 1.54) is 24.5 Å². The van der Waals surface area contributed by atoms with Crippen LogP contribution in [0, 0.1) is 5.82 Å². The highest BCUT2D eigenvalue weighted by Gasteiger charge is 2.12. The van der Waals surface area contributed by atoms with E-state index in [1.54, 1.807) is 12.1 Å². The lowest BCUT2D eigenvalue weighted by atomic mass is 10.2. The number of amides is 1. The number of aliphatic hydroxyl groups excluding tert-OH is 1. The Bertz CT molecular complexity index is 1360. The Balaban J connectivity index is 1.33. The molecule has 0 aliphatic carbocycles. The molecule has 4 N–H and O–H groups in total. The van der Waals surface area contributed by atoms with E-state index in [9.17, 15) is 14.3 Å². The van der Waals surface area contributed by atoms with E-state index in [0.717, 1.165) is 18.4 Å². The van der Waals surface area contributed by atoms with Crippen LogP contribution >= 0.6 is 0 Å². The van der Waals surface area contributed by atoms with Gasteiger partial charge in [-0.2, -0.15) is 5.10 Å². The van der Waals surface area contributed by atoms with Crippen molar-refractivity contribution in [3.05, 3.63) is 66.4 Å². The summed E-state index contributed by atoms with van der Waals surface area (Å²) in [6.07, 6.45) is 2.35. The van der Waals surface area contributed by atoms with Gasteiger partial charge in [0.05, 0.1) is 25.2 Å². The highest BCUT2D eigenvalue weighted by molar-refractivity contribution is 5.93. The maximum atomic E-state index is 13.3. The van der Waals surface area contributed by atoms with Crippen molar-refractivity contribution < 1.29 is 19.0 Å². The molecule has 0 spiro atoms. The van der Waals surface area contributed by atoms with E-state index >= 15 is 0 Å². The van der Waals surface area contributed by atoms with Gasteiger partial charge in [-0.1, -0.05) is 6.07 Å². The molecule has 10 nitrogen and oxygen atoms in total. The molecule has 4 aromatic rings. The molecule has 0 fully saturated rings. The fourth-order valence-corrected chi connectivity index (χ4v) is 4.02. The van der Waals surface area contributed by atoms with Crippen LogP contribution in [0.2, 0.25) is 0 Å². The van der Waals surface area contributed by atoms with Gasteiger partial charge in [-0.25, -0.2) is 14.4 Å². The van der Waals surface area contributed by atoms with Crippen LogP contribution in [0.4, 0.5) is 21.7 Å². The van der Waals surface area contributed by atoms with Gasteiger partial charge in [0, 0.05) is 48.0 Å². The third-order valence-corrected chi connectivity index (χ3v) is 5.92. The predicted molar refractivity (Wildman–Crippen MR) is 144 cm³/mol. The van der Waals surface area contributed by atoms with Gasteiger partial charge in [-0.3, -0.25) is 14.8 Å². The number of benzene rings is 2. The largest absolute Gasteiger partial charge is 0.493 e. The molecule has 0 saturated carbocycles. The quantitative estimate of drug-likeness (QED) is 0.195. The lowest BCUT2D eigenvalue weighted by Crippen LogP contribution is -2.34. The van der Waals surface area contributed by atoms with Gasteiger partial charge in [-0.05, 0) is 50.6 Å². The van der Waals surface area contributed by atoms with Gasteiger partial charge in [0.25, 0.3) is 0 Å². The Hall–Kier alpha value is -4.09. The number of aromatic amines is 1. The second kappa shape index (κ2) is 12.9. The number of nitrogens with one attached hydrogen (secondary N) is 3. The maximum absolute atomic E-state index is 13.3. The molecule has 0 aliphatic heterocycles.